The van der Waals surface area contributed by atoms with Gasteiger partial charge >= 0.3 is 0 Å². The molecule has 10 nitrogen and oxygen atoms in total. The summed E-state index contributed by atoms with van der Waals surface area (Å²) in [5.74, 6) is -0.431. The van der Waals surface area contributed by atoms with Crippen molar-refractivity contribution in [3.05, 3.63) is 52.7 Å². The molecule has 0 aliphatic carbocycles. The standard InChI is InChI=1S/C28H34Br2N2O8S2/c1-35-11-13-39-17-15-37-9-7-31-25(19-3-5-21(29)41-19)23-24(27(31)33)26(20-4-6-22(30)42-20)32(28(23)34)8-10-38-16-18-40-14-12-36-2/h3-6H,7-18H2,1-2H3. The van der Waals surface area contributed by atoms with Crippen molar-refractivity contribution in [1.29, 1.82) is 0 Å². The van der Waals surface area contributed by atoms with Crippen molar-refractivity contribution in [2.45, 2.75) is 0 Å². The molecule has 4 rings (SSSR count). The molecular weight excluding hydrogens is 716 g/mol. The molecule has 0 saturated carbocycles. The minimum absolute atomic E-state index is 0.215. The Balaban J connectivity index is 1.54. The zero-order valence-corrected chi connectivity index (χ0v) is 28.3. The molecule has 2 amide bonds. The molecule has 0 atom stereocenters. The maximum atomic E-state index is 14.1. The average molecular weight is 751 g/mol. The van der Waals surface area contributed by atoms with E-state index < -0.39 is 0 Å². The number of nitrogens with zero attached hydrogens (tertiary/aromatic N) is 2. The predicted molar refractivity (Wildman–Crippen MR) is 168 cm³/mol. The highest BCUT2D eigenvalue weighted by Gasteiger charge is 2.49. The van der Waals surface area contributed by atoms with Crippen LogP contribution in [-0.4, -0.2) is 115 Å². The van der Waals surface area contributed by atoms with E-state index in [1.54, 1.807) is 24.0 Å². The maximum absolute atomic E-state index is 14.1. The van der Waals surface area contributed by atoms with Crippen molar-refractivity contribution in [3.8, 4) is 0 Å². The van der Waals surface area contributed by atoms with Gasteiger partial charge in [0.05, 0.1) is 106 Å². The van der Waals surface area contributed by atoms with Gasteiger partial charge in [-0.3, -0.25) is 9.59 Å². The molecule has 0 saturated heterocycles. The predicted octanol–water partition coefficient (Wildman–Crippen LogP) is 4.50. The van der Waals surface area contributed by atoms with E-state index in [0.717, 1.165) is 17.3 Å². The van der Waals surface area contributed by atoms with Crippen LogP contribution in [0.3, 0.4) is 0 Å². The first-order chi connectivity index (χ1) is 20.5. The summed E-state index contributed by atoms with van der Waals surface area (Å²) in [6, 6.07) is 7.69. The van der Waals surface area contributed by atoms with Crippen LogP contribution < -0.4 is 0 Å². The van der Waals surface area contributed by atoms with Crippen LogP contribution in [0.25, 0.3) is 11.4 Å². The Morgan fingerprint density at radius 2 is 0.929 bits per heavy atom. The number of fused-ring (bicyclic) bond motifs is 1. The lowest BCUT2D eigenvalue weighted by atomic mass is 10.1. The summed E-state index contributed by atoms with van der Waals surface area (Å²) < 4.78 is 34.2. The fourth-order valence-corrected chi connectivity index (χ4v) is 7.35. The zero-order valence-electron chi connectivity index (χ0n) is 23.5. The highest BCUT2D eigenvalue weighted by atomic mass is 79.9. The van der Waals surface area contributed by atoms with Crippen LogP contribution in [0, 0.1) is 0 Å². The van der Waals surface area contributed by atoms with Gasteiger partial charge in [-0.2, -0.15) is 0 Å². The minimum Gasteiger partial charge on any atom is -0.382 e. The van der Waals surface area contributed by atoms with Crippen LogP contribution in [0.1, 0.15) is 9.75 Å². The van der Waals surface area contributed by atoms with Gasteiger partial charge < -0.3 is 38.2 Å². The molecule has 42 heavy (non-hydrogen) atoms. The van der Waals surface area contributed by atoms with E-state index >= 15 is 0 Å². The quantitative estimate of drug-likeness (QED) is 0.183. The number of ether oxygens (including phenoxy) is 6. The van der Waals surface area contributed by atoms with E-state index in [1.165, 1.54) is 22.7 Å². The molecule has 230 valence electrons. The van der Waals surface area contributed by atoms with Crippen LogP contribution in [-0.2, 0) is 38.0 Å². The van der Waals surface area contributed by atoms with Gasteiger partial charge in [-0.25, -0.2) is 0 Å². The number of thiophene rings is 2. The van der Waals surface area contributed by atoms with Gasteiger partial charge in [-0.15, -0.1) is 22.7 Å². The molecule has 2 aliphatic heterocycles. The van der Waals surface area contributed by atoms with Crippen LogP contribution in [0.15, 0.2) is 43.0 Å². The Labute approximate surface area is 270 Å². The van der Waals surface area contributed by atoms with Crippen LogP contribution in [0.4, 0.5) is 0 Å². The van der Waals surface area contributed by atoms with Gasteiger partial charge in [0.15, 0.2) is 0 Å². The average Bonchev–Trinajstić information content (AvgIpc) is 3.73. The molecule has 0 spiro atoms. The second-order valence-electron chi connectivity index (χ2n) is 9.00. The summed E-state index contributed by atoms with van der Waals surface area (Å²) in [4.78, 5) is 33.2. The Morgan fingerprint density at radius 3 is 1.26 bits per heavy atom. The smallest absolute Gasteiger partial charge is 0.261 e. The third kappa shape index (κ3) is 8.37. The van der Waals surface area contributed by atoms with Gasteiger partial charge in [0.1, 0.15) is 0 Å². The molecule has 0 radical (unpaired) electrons. The summed E-state index contributed by atoms with van der Waals surface area (Å²) in [5, 5.41) is 0. The Morgan fingerprint density at radius 1 is 0.571 bits per heavy atom. The monoisotopic (exact) mass is 748 g/mol. The molecule has 2 aliphatic rings. The highest BCUT2D eigenvalue weighted by molar-refractivity contribution is 9.11. The van der Waals surface area contributed by atoms with Crippen molar-refractivity contribution >= 4 is 77.7 Å². The number of amides is 2. The molecular formula is C28H34Br2N2O8S2. The van der Waals surface area contributed by atoms with Crippen molar-refractivity contribution in [1.82, 2.24) is 9.80 Å². The van der Waals surface area contributed by atoms with Crippen LogP contribution in [0.2, 0.25) is 0 Å². The molecule has 4 heterocycles. The maximum Gasteiger partial charge on any atom is 0.261 e. The van der Waals surface area contributed by atoms with E-state index in [-0.39, 0.29) is 11.8 Å². The Kier molecular flexibility index (Phi) is 13.6. The third-order valence-electron chi connectivity index (χ3n) is 6.32. The summed E-state index contributed by atoms with van der Waals surface area (Å²) in [5.41, 5.74) is 2.05. The van der Waals surface area contributed by atoms with Gasteiger partial charge in [-0.05, 0) is 56.1 Å². The van der Waals surface area contributed by atoms with Crippen molar-refractivity contribution in [2.24, 2.45) is 0 Å². The lowest BCUT2D eigenvalue weighted by molar-refractivity contribution is -0.124. The summed E-state index contributed by atoms with van der Waals surface area (Å²) >= 11 is 10.0. The van der Waals surface area contributed by atoms with Crippen molar-refractivity contribution in [3.63, 3.8) is 0 Å². The largest absolute Gasteiger partial charge is 0.382 e. The van der Waals surface area contributed by atoms with Gasteiger partial charge in [0, 0.05) is 27.3 Å². The molecule has 0 bridgehead atoms. The lowest BCUT2D eigenvalue weighted by Gasteiger charge is -2.24. The van der Waals surface area contributed by atoms with E-state index in [0.29, 0.717) is 102 Å². The summed E-state index contributed by atoms with van der Waals surface area (Å²) in [6.07, 6.45) is 0. The Hall–Kier alpha value is -1.46. The first-order valence-corrected chi connectivity index (χ1v) is 16.6. The fourth-order valence-electron chi connectivity index (χ4n) is 4.46. The second-order valence-corrected chi connectivity index (χ2v) is 13.9. The van der Waals surface area contributed by atoms with E-state index in [9.17, 15) is 9.59 Å². The van der Waals surface area contributed by atoms with Gasteiger partial charge in [0.2, 0.25) is 0 Å². The number of methoxy groups -OCH3 is 2. The molecule has 0 fully saturated rings. The topological polar surface area (TPSA) is 96.0 Å². The zero-order chi connectivity index (χ0) is 29.9. The summed E-state index contributed by atoms with van der Waals surface area (Å²) in [6.45, 7) is 4.88. The van der Waals surface area contributed by atoms with Crippen LogP contribution in [0.5, 0.6) is 0 Å². The van der Waals surface area contributed by atoms with E-state index in [4.69, 9.17) is 28.4 Å². The molecule has 2 aromatic rings. The molecule has 14 heteroatoms. The Bertz CT molecular complexity index is 1180. The number of hydrogen-bond acceptors (Lipinski definition) is 10. The minimum atomic E-state index is -0.215. The first-order valence-electron chi connectivity index (χ1n) is 13.4. The van der Waals surface area contributed by atoms with Gasteiger partial charge in [-0.1, -0.05) is 0 Å². The van der Waals surface area contributed by atoms with Crippen molar-refractivity contribution in [2.75, 3.05) is 93.4 Å². The van der Waals surface area contributed by atoms with E-state index in [1.807, 2.05) is 24.3 Å². The van der Waals surface area contributed by atoms with Gasteiger partial charge in [0.25, 0.3) is 11.8 Å². The SMILES string of the molecule is COCCOCCOCCN1C(=O)C2=C(c3ccc(Br)s3)N(CCOCCOCCOC)C(=O)C2=C1c1ccc(Br)s1. The third-order valence-corrected chi connectivity index (χ3v) is 9.58. The van der Waals surface area contributed by atoms with Crippen molar-refractivity contribution < 1.29 is 38.0 Å². The molecule has 0 N–H and O–H groups in total. The summed E-state index contributed by atoms with van der Waals surface area (Å²) in [7, 11) is 3.25. The number of carbonyl (C=O) groups excluding carboxylic acids is 2. The second kappa shape index (κ2) is 17.1. The number of rotatable bonds is 20. The normalized spacial score (nSPS) is 15.2. The van der Waals surface area contributed by atoms with Crippen LogP contribution >= 0.6 is 54.5 Å². The number of halogens is 2. The molecule has 0 aromatic carbocycles. The van der Waals surface area contributed by atoms with E-state index in [2.05, 4.69) is 31.9 Å². The number of carbonyl (C=O) groups is 2. The molecule has 2 aromatic heterocycles. The molecule has 0 unspecified atom stereocenters. The fraction of sp³-hybridized carbons (Fsp3) is 0.500. The first kappa shape index (κ1) is 33.4. The lowest BCUT2D eigenvalue weighted by Crippen LogP contribution is -2.33. The highest BCUT2D eigenvalue weighted by Crippen LogP contribution is 2.49. The number of hydrogen-bond donors (Lipinski definition) is 0.